The minimum atomic E-state index is -0.110. The molecule has 3 aromatic rings. The number of amides is 1. The van der Waals surface area contributed by atoms with Gasteiger partial charge < -0.3 is 10.1 Å². The highest BCUT2D eigenvalue weighted by molar-refractivity contribution is 8.01. The van der Waals surface area contributed by atoms with E-state index in [1.165, 1.54) is 23.3 Å². The van der Waals surface area contributed by atoms with E-state index in [9.17, 15) is 4.79 Å². The van der Waals surface area contributed by atoms with E-state index >= 15 is 0 Å². The van der Waals surface area contributed by atoms with Crippen molar-refractivity contribution in [2.45, 2.75) is 4.34 Å². The van der Waals surface area contributed by atoms with Crippen LogP contribution in [0.2, 0.25) is 0 Å². The highest BCUT2D eigenvalue weighted by Crippen LogP contribution is 2.26. The maximum Gasteiger partial charge on any atom is 0.234 e. The van der Waals surface area contributed by atoms with E-state index in [-0.39, 0.29) is 11.7 Å². The Hall–Kier alpha value is -2.38. The van der Waals surface area contributed by atoms with Crippen LogP contribution >= 0.6 is 23.3 Å². The van der Waals surface area contributed by atoms with Crippen molar-refractivity contribution in [2.24, 2.45) is 0 Å². The van der Waals surface area contributed by atoms with Crippen LogP contribution < -0.4 is 10.1 Å². The summed E-state index contributed by atoms with van der Waals surface area (Å²) in [6, 6.07) is 17.1. The van der Waals surface area contributed by atoms with Gasteiger partial charge in [0.1, 0.15) is 5.75 Å². The Morgan fingerprint density at radius 1 is 1.17 bits per heavy atom. The number of benzene rings is 2. The van der Waals surface area contributed by atoms with E-state index in [4.69, 9.17) is 4.74 Å². The molecule has 7 heteroatoms. The summed E-state index contributed by atoms with van der Waals surface area (Å²) < 4.78 is 10.3. The Morgan fingerprint density at radius 2 is 1.92 bits per heavy atom. The lowest BCUT2D eigenvalue weighted by molar-refractivity contribution is -0.113. The van der Waals surface area contributed by atoms with E-state index in [1.807, 2.05) is 42.5 Å². The summed E-state index contributed by atoms with van der Waals surface area (Å²) in [5.74, 6) is 1.48. The monoisotopic (exact) mass is 357 g/mol. The van der Waals surface area contributed by atoms with Gasteiger partial charge in [0.25, 0.3) is 0 Å². The molecular formula is C17H15N3O2S2. The SMILES string of the molecule is COc1ccccc1NC(=O)CSc1nc(-c2ccccc2)ns1. The molecule has 5 nitrogen and oxygen atoms in total. The number of thioether (sulfide) groups is 1. The Balaban J connectivity index is 1.58. The van der Waals surface area contributed by atoms with Crippen molar-refractivity contribution in [3.63, 3.8) is 0 Å². The molecule has 1 heterocycles. The first kappa shape index (κ1) is 16.5. The summed E-state index contributed by atoms with van der Waals surface area (Å²) in [5.41, 5.74) is 1.63. The molecule has 0 radical (unpaired) electrons. The van der Waals surface area contributed by atoms with Gasteiger partial charge in [-0.3, -0.25) is 4.79 Å². The number of nitrogens with zero attached hydrogens (tertiary/aromatic N) is 2. The van der Waals surface area contributed by atoms with Gasteiger partial charge in [0.2, 0.25) is 5.91 Å². The molecule has 0 bridgehead atoms. The molecule has 0 aliphatic rings. The van der Waals surface area contributed by atoms with Crippen LogP contribution in [0.25, 0.3) is 11.4 Å². The summed E-state index contributed by atoms with van der Waals surface area (Å²) in [4.78, 5) is 16.6. The Labute approximate surface area is 148 Å². The first-order chi connectivity index (χ1) is 11.8. The lowest BCUT2D eigenvalue weighted by atomic mass is 10.2. The number of aromatic nitrogens is 2. The standard InChI is InChI=1S/C17H15N3O2S2/c1-22-14-10-6-5-9-13(14)18-15(21)11-23-17-19-16(20-24-17)12-7-3-2-4-8-12/h2-10H,11H2,1H3,(H,18,21). The quantitative estimate of drug-likeness (QED) is 0.677. The molecule has 24 heavy (non-hydrogen) atoms. The molecule has 2 aromatic carbocycles. The number of hydrogen-bond donors (Lipinski definition) is 1. The van der Waals surface area contributed by atoms with Crippen LogP contribution in [0.5, 0.6) is 5.75 Å². The van der Waals surface area contributed by atoms with Crippen LogP contribution in [0, 0.1) is 0 Å². The predicted octanol–water partition coefficient (Wildman–Crippen LogP) is 3.94. The average Bonchev–Trinajstić information content (AvgIpc) is 3.10. The molecule has 0 spiro atoms. The van der Waals surface area contributed by atoms with Gasteiger partial charge in [-0.1, -0.05) is 54.2 Å². The lowest BCUT2D eigenvalue weighted by Gasteiger charge is -2.08. The zero-order valence-electron chi connectivity index (χ0n) is 12.9. The van der Waals surface area contributed by atoms with E-state index in [2.05, 4.69) is 14.7 Å². The normalized spacial score (nSPS) is 10.4. The van der Waals surface area contributed by atoms with Crippen molar-refractivity contribution < 1.29 is 9.53 Å². The zero-order chi connectivity index (χ0) is 16.8. The number of rotatable bonds is 6. The van der Waals surface area contributed by atoms with Crippen molar-refractivity contribution in [1.82, 2.24) is 9.36 Å². The minimum Gasteiger partial charge on any atom is -0.495 e. The molecular weight excluding hydrogens is 342 g/mol. The second-order valence-corrected chi connectivity index (χ2v) is 6.76. The van der Waals surface area contributed by atoms with Crippen molar-refractivity contribution in [1.29, 1.82) is 0 Å². The van der Waals surface area contributed by atoms with Gasteiger partial charge in [0, 0.05) is 5.56 Å². The Kier molecular flexibility index (Phi) is 5.45. The summed E-state index contributed by atoms with van der Waals surface area (Å²) >= 11 is 2.67. The van der Waals surface area contributed by atoms with Crippen LogP contribution in [0.3, 0.4) is 0 Å². The van der Waals surface area contributed by atoms with Crippen LogP contribution in [-0.2, 0) is 4.79 Å². The van der Waals surface area contributed by atoms with E-state index in [0.29, 0.717) is 17.3 Å². The maximum absolute atomic E-state index is 12.1. The number of hydrogen-bond acceptors (Lipinski definition) is 6. The highest BCUT2D eigenvalue weighted by atomic mass is 32.2. The van der Waals surface area contributed by atoms with Crippen molar-refractivity contribution in [3.05, 3.63) is 54.6 Å². The third-order valence-corrected chi connectivity index (χ3v) is 4.98. The van der Waals surface area contributed by atoms with E-state index in [0.717, 1.165) is 9.90 Å². The van der Waals surface area contributed by atoms with Gasteiger partial charge in [0.05, 0.1) is 18.6 Å². The largest absolute Gasteiger partial charge is 0.495 e. The van der Waals surface area contributed by atoms with E-state index in [1.54, 1.807) is 19.2 Å². The number of methoxy groups -OCH3 is 1. The Bertz CT molecular complexity index is 821. The number of anilines is 1. The fourth-order valence-electron chi connectivity index (χ4n) is 2.03. The maximum atomic E-state index is 12.1. The third-order valence-electron chi connectivity index (χ3n) is 3.15. The first-order valence-electron chi connectivity index (χ1n) is 7.21. The van der Waals surface area contributed by atoms with Gasteiger partial charge in [0.15, 0.2) is 10.2 Å². The first-order valence-corrected chi connectivity index (χ1v) is 8.97. The summed E-state index contributed by atoms with van der Waals surface area (Å²) in [6.07, 6.45) is 0. The lowest BCUT2D eigenvalue weighted by Crippen LogP contribution is -2.14. The van der Waals surface area contributed by atoms with Gasteiger partial charge >= 0.3 is 0 Å². The van der Waals surface area contributed by atoms with Gasteiger partial charge in [-0.25, -0.2) is 4.98 Å². The Morgan fingerprint density at radius 3 is 2.71 bits per heavy atom. The molecule has 3 rings (SSSR count). The molecule has 0 aliphatic carbocycles. The summed E-state index contributed by atoms with van der Waals surface area (Å²) in [6.45, 7) is 0. The van der Waals surface area contributed by atoms with Crippen molar-refractivity contribution >= 4 is 34.9 Å². The molecule has 1 N–H and O–H groups in total. The second-order valence-electron chi connectivity index (χ2n) is 4.79. The number of ether oxygens (including phenoxy) is 1. The van der Waals surface area contributed by atoms with Gasteiger partial charge in [-0.2, -0.15) is 4.37 Å². The molecule has 0 atom stereocenters. The molecule has 0 saturated heterocycles. The van der Waals surface area contributed by atoms with Crippen molar-refractivity contribution in [3.8, 4) is 17.1 Å². The molecule has 0 saturated carbocycles. The minimum absolute atomic E-state index is 0.110. The molecule has 1 aromatic heterocycles. The smallest absolute Gasteiger partial charge is 0.234 e. The second kappa shape index (κ2) is 7.94. The van der Waals surface area contributed by atoms with Crippen LogP contribution in [-0.4, -0.2) is 28.1 Å². The molecule has 122 valence electrons. The van der Waals surface area contributed by atoms with E-state index < -0.39 is 0 Å². The zero-order valence-corrected chi connectivity index (χ0v) is 14.6. The van der Waals surface area contributed by atoms with Gasteiger partial charge in [-0.15, -0.1) is 0 Å². The number of carbonyl (C=O) groups is 1. The fraction of sp³-hybridized carbons (Fsp3) is 0.118. The molecule has 1 amide bonds. The molecule has 0 aliphatic heterocycles. The average molecular weight is 357 g/mol. The van der Waals surface area contributed by atoms with Crippen LogP contribution in [0.15, 0.2) is 58.9 Å². The topological polar surface area (TPSA) is 64.1 Å². The third kappa shape index (κ3) is 4.12. The van der Waals surface area contributed by atoms with Crippen LogP contribution in [0.4, 0.5) is 5.69 Å². The number of carbonyl (C=O) groups excluding carboxylic acids is 1. The van der Waals surface area contributed by atoms with Crippen molar-refractivity contribution in [2.75, 3.05) is 18.2 Å². The van der Waals surface area contributed by atoms with Crippen LogP contribution in [0.1, 0.15) is 0 Å². The molecule has 0 fully saturated rings. The number of nitrogens with one attached hydrogen (secondary N) is 1. The molecule has 0 unspecified atom stereocenters. The van der Waals surface area contributed by atoms with Gasteiger partial charge in [-0.05, 0) is 23.7 Å². The summed E-state index contributed by atoms with van der Waals surface area (Å²) in [5, 5.41) is 2.84. The highest BCUT2D eigenvalue weighted by Gasteiger charge is 2.11. The summed E-state index contributed by atoms with van der Waals surface area (Å²) in [7, 11) is 1.58. The fourth-order valence-corrected chi connectivity index (χ4v) is 3.45. The predicted molar refractivity (Wildman–Crippen MR) is 97.7 cm³/mol. The number of para-hydroxylation sites is 2.